The van der Waals surface area contributed by atoms with Crippen LogP contribution in [0.25, 0.3) is 0 Å². The van der Waals surface area contributed by atoms with Crippen molar-refractivity contribution in [2.45, 2.75) is 6.42 Å². The fraction of sp³-hybridized carbons (Fsp3) is 0.750. The molecule has 0 radical (unpaired) electrons. The standard InChI is InChI=1S/C12H19N3O4/c1-13-2-4-14(5-3-13)11(17)8-15-7-9(12(18)19)6-10(15)16/h9H,2-8H2,1H3,(H,18,19). The predicted octanol–water partition coefficient (Wildman–Crippen LogP) is -1.31. The summed E-state index contributed by atoms with van der Waals surface area (Å²) in [6.45, 7) is 3.15. The molecule has 19 heavy (non-hydrogen) atoms. The number of hydrogen-bond donors (Lipinski definition) is 1. The molecular weight excluding hydrogens is 250 g/mol. The van der Waals surface area contributed by atoms with Crippen molar-refractivity contribution >= 4 is 17.8 Å². The number of carbonyl (C=O) groups is 3. The third kappa shape index (κ3) is 3.23. The zero-order valence-electron chi connectivity index (χ0n) is 11.0. The Morgan fingerprint density at radius 2 is 1.89 bits per heavy atom. The number of rotatable bonds is 3. The van der Waals surface area contributed by atoms with Gasteiger partial charge in [-0.2, -0.15) is 0 Å². The maximum atomic E-state index is 12.0. The van der Waals surface area contributed by atoms with Crippen LogP contribution in [0.4, 0.5) is 0 Å². The minimum Gasteiger partial charge on any atom is -0.481 e. The molecule has 1 N–H and O–H groups in total. The molecule has 0 aromatic heterocycles. The van der Waals surface area contributed by atoms with Gasteiger partial charge in [-0.05, 0) is 7.05 Å². The van der Waals surface area contributed by atoms with Crippen molar-refractivity contribution in [3.05, 3.63) is 0 Å². The summed E-state index contributed by atoms with van der Waals surface area (Å²) in [6, 6.07) is 0. The van der Waals surface area contributed by atoms with Gasteiger partial charge in [-0.3, -0.25) is 14.4 Å². The Bertz CT molecular complexity index is 390. The predicted molar refractivity (Wildman–Crippen MR) is 66.4 cm³/mol. The van der Waals surface area contributed by atoms with Crippen LogP contribution in [0.5, 0.6) is 0 Å². The summed E-state index contributed by atoms with van der Waals surface area (Å²) in [4.78, 5) is 39.8. The van der Waals surface area contributed by atoms with Crippen LogP contribution in [-0.2, 0) is 14.4 Å². The second-order valence-corrected chi connectivity index (χ2v) is 5.20. The molecule has 2 fully saturated rings. The summed E-state index contributed by atoms with van der Waals surface area (Å²) in [6.07, 6.45) is 0.00531. The zero-order valence-corrected chi connectivity index (χ0v) is 11.0. The minimum absolute atomic E-state index is 0.00531. The maximum absolute atomic E-state index is 12.0. The first kappa shape index (κ1) is 13.8. The average molecular weight is 269 g/mol. The molecule has 2 saturated heterocycles. The van der Waals surface area contributed by atoms with Crippen LogP contribution in [0.1, 0.15) is 6.42 Å². The molecule has 0 saturated carbocycles. The lowest BCUT2D eigenvalue weighted by Crippen LogP contribution is -2.50. The largest absolute Gasteiger partial charge is 0.481 e. The molecule has 2 aliphatic rings. The molecule has 7 heteroatoms. The molecule has 0 aliphatic carbocycles. The molecule has 2 amide bonds. The minimum atomic E-state index is -0.970. The van der Waals surface area contributed by atoms with Crippen molar-refractivity contribution in [1.29, 1.82) is 0 Å². The van der Waals surface area contributed by atoms with Crippen molar-refractivity contribution in [1.82, 2.24) is 14.7 Å². The van der Waals surface area contributed by atoms with Gasteiger partial charge in [-0.25, -0.2) is 0 Å². The first-order chi connectivity index (χ1) is 8.97. The fourth-order valence-corrected chi connectivity index (χ4v) is 2.41. The van der Waals surface area contributed by atoms with Crippen molar-refractivity contribution in [2.24, 2.45) is 5.92 Å². The van der Waals surface area contributed by atoms with Crippen molar-refractivity contribution in [3.8, 4) is 0 Å². The quantitative estimate of drug-likeness (QED) is 0.688. The number of carbonyl (C=O) groups excluding carboxylic acids is 2. The second kappa shape index (κ2) is 5.56. The van der Waals surface area contributed by atoms with Gasteiger partial charge in [0.2, 0.25) is 11.8 Å². The number of piperazine rings is 1. The topological polar surface area (TPSA) is 81.2 Å². The van der Waals surface area contributed by atoms with E-state index in [1.165, 1.54) is 4.90 Å². The normalized spacial score (nSPS) is 24.9. The van der Waals surface area contributed by atoms with E-state index in [2.05, 4.69) is 4.90 Å². The van der Waals surface area contributed by atoms with E-state index in [9.17, 15) is 14.4 Å². The monoisotopic (exact) mass is 269 g/mol. The van der Waals surface area contributed by atoms with Crippen LogP contribution in [0, 0.1) is 5.92 Å². The third-order valence-electron chi connectivity index (χ3n) is 3.75. The van der Waals surface area contributed by atoms with Gasteiger partial charge >= 0.3 is 5.97 Å². The van der Waals surface area contributed by atoms with Gasteiger partial charge in [0.25, 0.3) is 0 Å². The molecule has 7 nitrogen and oxygen atoms in total. The summed E-state index contributed by atoms with van der Waals surface area (Å²) < 4.78 is 0. The highest BCUT2D eigenvalue weighted by molar-refractivity contribution is 5.89. The summed E-state index contributed by atoms with van der Waals surface area (Å²) in [5, 5.41) is 8.88. The number of carboxylic acids is 1. The van der Waals surface area contributed by atoms with Gasteiger partial charge in [0.15, 0.2) is 0 Å². The highest BCUT2D eigenvalue weighted by atomic mass is 16.4. The summed E-state index contributed by atoms with van der Waals surface area (Å²) in [7, 11) is 2.00. The van der Waals surface area contributed by atoms with Crippen LogP contribution in [0.3, 0.4) is 0 Å². The lowest BCUT2D eigenvalue weighted by molar-refractivity contribution is -0.141. The molecule has 0 aromatic rings. The fourth-order valence-electron chi connectivity index (χ4n) is 2.41. The number of aliphatic carboxylic acids is 1. The maximum Gasteiger partial charge on any atom is 0.308 e. The summed E-state index contributed by atoms with van der Waals surface area (Å²) in [5.41, 5.74) is 0. The van der Waals surface area contributed by atoms with Gasteiger partial charge in [-0.1, -0.05) is 0 Å². The molecule has 106 valence electrons. The van der Waals surface area contributed by atoms with Gasteiger partial charge < -0.3 is 19.8 Å². The third-order valence-corrected chi connectivity index (χ3v) is 3.75. The van der Waals surface area contributed by atoms with Crippen molar-refractivity contribution < 1.29 is 19.5 Å². The Hall–Kier alpha value is -1.63. The number of carboxylic acid groups (broad SMARTS) is 1. The van der Waals surface area contributed by atoms with Crippen LogP contribution in [-0.4, -0.2) is 83.9 Å². The van der Waals surface area contributed by atoms with E-state index in [1.807, 2.05) is 7.05 Å². The zero-order chi connectivity index (χ0) is 14.0. The van der Waals surface area contributed by atoms with E-state index < -0.39 is 11.9 Å². The van der Waals surface area contributed by atoms with Gasteiger partial charge in [0, 0.05) is 39.1 Å². The first-order valence-electron chi connectivity index (χ1n) is 6.44. The number of nitrogens with zero attached hydrogens (tertiary/aromatic N) is 3. The molecule has 0 spiro atoms. The SMILES string of the molecule is CN1CCN(C(=O)CN2CC(C(=O)O)CC2=O)CC1. The number of likely N-dealkylation sites (N-methyl/N-ethyl adjacent to an activating group) is 1. The lowest BCUT2D eigenvalue weighted by atomic mass is 10.1. The van der Waals surface area contributed by atoms with Crippen molar-refractivity contribution in [2.75, 3.05) is 46.3 Å². The van der Waals surface area contributed by atoms with E-state index in [1.54, 1.807) is 4.90 Å². The van der Waals surface area contributed by atoms with Crippen LogP contribution in [0.15, 0.2) is 0 Å². The lowest BCUT2D eigenvalue weighted by Gasteiger charge is -2.33. The molecule has 1 unspecified atom stereocenters. The van der Waals surface area contributed by atoms with Crippen LogP contribution in [0.2, 0.25) is 0 Å². The Labute approximate surface area is 111 Å². The molecule has 2 rings (SSSR count). The smallest absolute Gasteiger partial charge is 0.308 e. The average Bonchev–Trinajstić information content (AvgIpc) is 2.72. The molecule has 2 aliphatic heterocycles. The second-order valence-electron chi connectivity index (χ2n) is 5.20. The molecule has 1 atom stereocenters. The highest BCUT2D eigenvalue weighted by Gasteiger charge is 2.35. The molecule has 0 bridgehead atoms. The summed E-state index contributed by atoms with van der Waals surface area (Å²) >= 11 is 0. The Kier molecular flexibility index (Phi) is 4.04. The van der Waals surface area contributed by atoms with Gasteiger partial charge in [-0.15, -0.1) is 0 Å². The van der Waals surface area contributed by atoms with E-state index in [0.29, 0.717) is 13.1 Å². The highest BCUT2D eigenvalue weighted by Crippen LogP contribution is 2.18. The molecule has 0 aromatic carbocycles. The Morgan fingerprint density at radius 3 is 2.42 bits per heavy atom. The summed E-state index contributed by atoms with van der Waals surface area (Å²) in [5.74, 6) is -1.97. The molecular formula is C12H19N3O4. The number of likely N-dealkylation sites (tertiary alicyclic amines) is 1. The van der Waals surface area contributed by atoms with Crippen LogP contribution < -0.4 is 0 Å². The number of amides is 2. The first-order valence-corrected chi connectivity index (χ1v) is 6.44. The van der Waals surface area contributed by atoms with Crippen molar-refractivity contribution in [3.63, 3.8) is 0 Å². The van der Waals surface area contributed by atoms with E-state index >= 15 is 0 Å². The van der Waals surface area contributed by atoms with E-state index in [-0.39, 0.29) is 31.3 Å². The van der Waals surface area contributed by atoms with Gasteiger partial charge in [0.05, 0.1) is 12.5 Å². The van der Waals surface area contributed by atoms with Gasteiger partial charge in [0.1, 0.15) is 0 Å². The Balaban J connectivity index is 1.86. The Morgan fingerprint density at radius 1 is 1.26 bits per heavy atom. The number of hydrogen-bond acceptors (Lipinski definition) is 4. The van der Waals surface area contributed by atoms with E-state index in [0.717, 1.165) is 13.1 Å². The van der Waals surface area contributed by atoms with Crippen LogP contribution >= 0.6 is 0 Å². The molecule has 2 heterocycles. The van der Waals surface area contributed by atoms with E-state index in [4.69, 9.17) is 5.11 Å².